The number of para-hydroxylation sites is 1. The Labute approximate surface area is 202 Å². The topological polar surface area (TPSA) is 86.8 Å². The third-order valence-corrected chi connectivity index (χ3v) is 8.76. The van der Waals surface area contributed by atoms with E-state index in [0.29, 0.717) is 5.69 Å². The summed E-state index contributed by atoms with van der Waals surface area (Å²) in [4.78, 5) is 29.0. The lowest BCUT2D eigenvalue weighted by Gasteiger charge is -2.47. The highest BCUT2D eigenvalue weighted by molar-refractivity contribution is 7.89. The van der Waals surface area contributed by atoms with Gasteiger partial charge in [0.2, 0.25) is 21.8 Å². The van der Waals surface area contributed by atoms with Crippen molar-refractivity contribution in [3.05, 3.63) is 60.2 Å². The van der Waals surface area contributed by atoms with Gasteiger partial charge in [-0.3, -0.25) is 14.5 Å². The normalized spacial score (nSPS) is 22.9. The van der Waals surface area contributed by atoms with Gasteiger partial charge in [-0.2, -0.15) is 4.31 Å². The molecule has 182 valence electrons. The fourth-order valence-electron chi connectivity index (χ4n) is 5.03. The molecule has 1 atom stereocenters. The summed E-state index contributed by atoms with van der Waals surface area (Å²) >= 11 is 0. The molecule has 1 saturated heterocycles. The first-order valence-electron chi connectivity index (χ1n) is 12.0. The van der Waals surface area contributed by atoms with Gasteiger partial charge in [0.15, 0.2) is 0 Å². The molecule has 2 amide bonds. The fourth-order valence-corrected chi connectivity index (χ4v) is 6.53. The number of piperazine rings is 1. The summed E-state index contributed by atoms with van der Waals surface area (Å²) in [6.07, 6.45) is 6.20. The van der Waals surface area contributed by atoms with E-state index in [2.05, 4.69) is 5.32 Å². The van der Waals surface area contributed by atoms with Gasteiger partial charge in [-0.1, -0.05) is 62.1 Å². The molecule has 0 aromatic heterocycles. The van der Waals surface area contributed by atoms with Crippen LogP contribution in [0.2, 0.25) is 0 Å². The van der Waals surface area contributed by atoms with E-state index >= 15 is 0 Å². The van der Waals surface area contributed by atoms with Crippen LogP contribution in [-0.4, -0.2) is 49.2 Å². The number of rotatable bonds is 5. The minimum absolute atomic E-state index is 0.0294. The molecule has 1 aliphatic heterocycles. The molecule has 8 heteroatoms. The average molecular weight is 484 g/mol. The average Bonchev–Trinajstić information content (AvgIpc) is 3.09. The van der Waals surface area contributed by atoms with Crippen molar-refractivity contribution in [2.24, 2.45) is 0 Å². The monoisotopic (exact) mass is 483 g/mol. The zero-order valence-electron chi connectivity index (χ0n) is 19.9. The van der Waals surface area contributed by atoms with Crippen molar-refractivity contribution >= 4 is 27.5 Å². The van der Waals surface area contributed by atoms with Gasteiger partial charge in [-0.25, -0.2) is 8.42 Å². The number of hydrogen-bond donors (Lipinski definition) is 1. The van der Waals surface area contributed by atoms with Crippen LogP contribution in [0.5, 0.6) is 0 Å². The zero-order valence-corrected chi connectivity index (χ0v) is 20.7. The quantitative estimate of drug-likeness (QED) is 0.658. The van der Waals surface area contributed by atoms with Crippen LogP contribution in [0.15, 0.2) is 59.5 Å². The van der Waals surface area contributed by atoms with Crippen molar-refractivity contribution in [1.29, 1.82) is 0 Å². The lowest BCUT2D eigenvalue weighted by molar-refractivity contribution is -0.133. The molecule has 4 rings (SSSR count). The van der Waals surface area contributed by atoms with Gasteiger partial charge < -0.3 is 5.32 Å². The Morgan fingerprint density at radius 2 is 1.59 bits per heavy atom. The van der Waals surface area contributed by atoms with E-state index in [9.17, 15) is 18.0 Å². The predicted octanol–water partition coefficient (Wildman–Crippen LogP) is 3.63. The van der Waals surface area contributed by atoms with Gasteiger partial charge in [0.1, 0.15) is 5.54 Å². The first-order valence-corrected chi connectivity index (χ1v) is 13.4. The highest BCUT2D eigenvalue weighted by Crippen LogP contribution is 2.34. The van der Waals surface area contributed by atoms with Gasteiger partial charge in [-0.05, 0) is 50.5 Å². The van der Waals surface area contributed by atoms with Crippen LogP contribution in [0.4, 0.5) is 5.69 Å². The Kier molecular flexibility index (Phi) is 7.09. The highest BCUT2D eigenvalue weighted by atomic mass is 32.2. The highest BCUT2D eigenvalue weighted by Gasteiger charge is 2.51. The van der Waals surface area contributed by atoms with Gasteiger partial charge in [0.25, 0.3) is 0 Å². The molecule has 34 heavy (non-hydrogen) atoms. The van der Waals surface area contributed by atoms with E-state index in [1.807, 2.05) is 31.2 Å². The summed E-state index contributed by atoms with van der Waals surface area (Å²) < 4.78 is 28.0. The van der Waals surface area contributed by atoms with Crippen LogP contribution >= 0.6 is 0 Å². The van der Waals surface area contributed by atoms with E-state index < -0.39 is 21.5 Å². The summed E-state index contributed by atoms with van der Waals surface area (Å²) in [7, 11) is -3.95. The van der Waals surface area contributed by atoms with Crippen LogP contribution in [0.25, 0.3) is 0 Å². The van der Waals surface area contributed by atoms with Crippen molar-refractivity contribution in [3.8, 4) is 0 Å². The van der Waals surface area contributed by atoms with Crippen molar-refractivity contribution in [2.75, 3.05) is 18.0 Å². The number of amides is 2. The molecular formula is C26H33N3O4S. The SMILES string of the molecule is Cc1ccccc1N1C(=O)CN(S(=O)(=O)c2ccccc2)C[C@]1(C)C(=O)NC1CCCCCC1. The van der Waals surface area contributed by atoms with E-state index in [1.54, 1.807) is 25.1 Å². The molecule has 1 N–H and O–H groups in total. The number of aryl methyl sites for hydroxylation is 1. The molecule has 1 aliphatic carbocycles. The third kappa shape index (κ3) is 4.74. The van der Waals surface area contributed by atoms with E-state index in [0.717, 1.165) is 48.4 Å². The van der Waals surface area contributed by atoms with Gasteiger partial charge >= 0.3 is 0 Å². The van der Waals surface area contributed by atoms with Gasteiger partial charge in [0.05, 0.1) is 11.4 Å². The van der Waals surface area contributed by atoms with Gasteiger partial charge in [0, 0.05) is 18.3 Å². The van der Waals surface area contributed by atoms with Crippen LogP contribution in [0.1, 0.15) is 51.0 Å². The molecule has 2 fully saturated rings. The third-order valence-electron chi connectivity index (χ3n) is 6.96. The molecule has 0 bridgehead atoms. The Morgan fingerprint density at radius 1 is 0.971 bits per heavy atom. The minimum atomic E-state index is -3.95. The van der Waals surface area contributed by atoms with Crippen molar-refractivity contribution in [1.82, 2.24) is 9.62 Å². The van der Waals surface area contributed by atoms with Gasteiger partial charge in [-0.15, -0.1) is 0 Å². The molecule has 1 heterocycles. The molecule has 7 nitrogen and oxygen atoms in total. The Morgan fingerprint density at radius 3 is 2.24 bits per heavy atom. The predicted molar refractivity (Wildman–Crippen MR) is 132 cm³/mol. The van der Waals surface area contributed by atoms with Crippen molar-refractivity contribution in [2.45, 2.75) is 68.8 Å². The largest absolute Gasteiger partial charge is 0.351 e. The summed E-state index contributed by atoms with van der Waals surface area (Å²) in [6.45, 7) is 3.12. The van der Waals surface area contributed by atoms with Crippen LogP contribution in [0, 0.1) is 6.92 Å². The number of nitrogens with one attached hydrogen (secondary N) is 1. The summed E-state index contributed by atoms with van der Waals surface area (Å²) in [6, 6.07) is 15.5. The van der Waals surface area contributed by atoms with Crippen molar-refractivity contribution < 1.29 is 18.0 Å². The molecule has 2 aromatic carbocycles. The number of carbonyl (C=O) groups is 2. The second-order valence-corrected chi connectivity index (χ2v) is 11.5. The summed E-state index contributed by atoms with van der Waals surface area (Å²) in [5.41, 5.74) is 0.0850. The zero-order chi connectivity index (χ0) is 24.3. The number of nitrogens with zero attached hydrogens (tertiary/aromatic N) is 2. The van der Waals surface area contributed by atoms with Crippen LogP contribution in [-0.2, 0) is 19.6 Å². The standard InChI is InChI=1S/C26H33N3O4S/c1-20-12-10-11-17-23(20)29-24(30)18-28(34(32,33)22-15-8-5-9-16-22)19-26(29,2)25(31)27-21-13-6-3-4-7-14-21/h5,8-12,15-17,21H,3-4,6-7,13-14,18-19H2,1-2H3,(H,27,31)/t26-/m1/s1. The van der Waals surface area contributed by atoms with Crippen LogP contribution < -0.4 is 10.2 Å². The Bertz CT molecular complexity index is 1140. The number of benzene rings is 2. The van der Waals surface area contributed by atoms with E-state index in [-0.39, 0.29) is 29.9 Å². The maximum absolute atomic E-state index is 13.8. The van der Waals surface area contributed by atoms with E-state index in [1.165, 1.54) is 17.0 Å². The lowest BCUT2D eigenvalue weighted by Crippen LogP contribution is -2.70. The van der Waals surface area contributed by atoms with E-state index in [4.69, 9.17) is 0 Å². The van der Waals surface area contributed by atoms with Crippen molar-refractivity contribution in [3.63, 3.8) is 0 Å². The summed E-state index contributed by atoms with van der Waals surface area (Å²) in [5, 5.41) is 3.17. The Hall–Kier alpha value is -2.71. The number of sulfonamides is 1. The number of hydrogen-bond acceptors (Lipinski definition) is 4. The number of anilines is 1. The molecule has 2 aromatic rings. The first-order chi connectivity index (χ1) is 16.2. The molecule has 0 spiro atoms. The molecular weight excluding hydrogens is 450 g/mol. The smallest absolute Gasteiger partial charge is 0.247 e. The summed E-state index contributed by atoms with van der Waals surface area (Å²) in [5.74, 6) is -0.734. The minimum Gasteiger partial charge on any atom is -0.351 e. The van der Waals surface area contributed by atoms with Crippen LogP contribution in [0.3, 0.4) is 0 Å². The number of carbonyl (C=O) groups excluding carboxylic acids is 2. The second-order valence-electron chi connectivity index (χ2n) is 9.54. The fraction of sp³-hybridized carbons (Fsp3) is 0.462. The molecule has 0 radical (unpaired) electrons. The Balaban J connectivity index is 1.72. The molecule has 0 unspecified atom stereocenters. The first kappa shape index (κ1) is 24.4. The maximum atomic E-state index is 13.8. The molecule has 1 saturated carbocycles. The molecule has 2 aliphatic rings. The maximum Gasteiger partial charge on any atom is 0.247 e. The second kappa shape index (κ2) is 9.88. The lowest BCUT2D eigenvalue weighted by atomic mass is 9.92.